The molecule has 0 unspecified atom stereocenters. The molecular weight excluding hydrogens is 543 g/mol. The molecule has 4 aliphatic rings. The summed E-state index contributed by atoms with van der Waals surface area (Å²) in [5.41, 5.74) is 2.46. The Labute approximate surface area is 254 Å². The van der Waals surface area contributed by atoms with Crippen LogP contribution in [0.25, 0.3) is 0 Å². The van der Waals surface area contributed by atoms with Crippen molar-refractivity contribution in [3.8, 4) is 6.07 Å². The van der Waals surface area contributed by atoms with Crippen LogP contribution in [0.3, 0.4) is 0 Å². The van der Waals surface area contributed by atoms with E-state index >= 15 is 0 Å². The number of piperidine rings is 1. The minimum absolute atomic E-state index is 0.0134. The first-order valence-electron chi connectivity index (χ1n) is 16.0. The molecule has 43 heavy (non-hydrogen) atoms. The summed E-state index contributed by atoms with van der Waals surface area (Å²) in [5, 5.41) is 9.07. The van der Waals surface area contributed by atoms with Crippen LogP contribution in [0.2, 0.25) is 0 Å². The molecule has 0 spiro atoms. The Balaban J connectivity index is 1.20. The zero-order valence-corrected chi connectivity index (χ0v) is 25.2. The first-order valence-corrected chi connectivity index (χ1v) is 16.0. The molecule has 3 aliphatic heterocycles. The van der Waals surface area contributed by atoms with Crippen LogP contribution >= 0.6 is 0 Å². The summed E-state index contributed by atoms with van der Waals surface area (Å²) in [6.07, 6.45) is 6.44. The minimum atomic E-state index is -0.282. The van der Waals surface area contributed by atoms with Crippen LogP contribution in [-0.2, 0) is 19.7 Å². The molecule has 3 atom stereocenters. The Bertz CT molecular complexity index is 1340. The molecule has 7 nitrogen and oxygen atoms in total. The zero-order valence-electron chi connectivity index (χ0n) is 25.2. The van der Waals surface area contributed by atoms with Gasteiger partial charge in [-0.2, -0.15) is 5.26 Å². The van der Waals surface area contributed by atoms with Crippen LogP contribution in [0.5, 0.6) is 0 Å². The monoisotopic (exact) mass is 586 g/mol. The molecule has 228 valence electrons. The summed E-state index contributed by atoms with van der Waals surface area (Å²) in [6, 6.07) is 16.9. The molecule has 1 amide bonds. The highest BCUT2D eigenvalue weighted by molar-refractivity contribution is 5.82. The van der Waals surface area contributed by atoms with E-state index in [1.54, 1.807) is 6.07 Å². The summed E-state index contributed by atoms with van der Waals surface area (Å²) >= 11 is 0. The third-order valence-corrected chi connectivity index (χ3v) is 10.9. The van der Waals surface area contributed by atoms with Crippen molar-refractivity contribution >= 4 is 17.6 Å². The summed E-state index contributed by atoms with van der Waals surface area (Å²) < 4.78 is 20.0. The largest absolute Gasteiger partial charge is 0.469 e. The Hall–Kier alpha value is -3.44. The van der Waals surface area contributed by atoms with Gasteiger partial charge in [-0.3, -0.25) is 9.59 Å². The summed E-state index contributed by atoms with van der Waals surface area (Å²) in [5.74, 6) is 0.599. The zero-order chi connectivity index (χ0) is 30.0. The van der Waals surface area contributed by atoms with E-state index in [-0.39, 0.29) is 40.9 Å². The van der Waals surface area contributed by atoms with Gasteiger partial charge in [0.1, 0.15) is 5.82 Å². The van der Waals surface area contributed by atoms with E-state index in [9.17, 15) is 14.0 Å². The number of benzene rings is 2. The first-order chi connectivity index (χ1) is 20.9. The fourth-order valence-corrected chi connectivity index (χ4v) is 8.50. The highest BCUT2D eigenvalue weighted by Gasteiger charge is 2.53. The topological polar surface area (TPSA) is 76.9 Å². The number of halogens is 1. The number of likely N-dealkylation sites (tertiary alicyclic amines) is 2. The van der Waals surface area contributed by atoms with Crippen LogP contribution in [-0.4, -0.2) is 74.6 Å². The molecule has 3 heterocycles. The van der Waals surface area contributed by atoms with Gasteiger partial charge in [-0.05, 0) is 105 Å². The maximum absolute atomic E-state index is 14.9. The van der Waals surface area contributed by atoms with E-state index < -0.39 is 0 Å². The lowest BCUT2D eigenvalue weighted by molar-refractivity contribution is -0.143. The minimum Gasteiger partial charge on any atom is -0.469 e. The highest BCUT2D eigenvalue weighted by atomic mass is 19.1. The Morgan fingerprint density at radius 1 is 1.00 bits per heavy atom. The number of hydrogen-bond donors (Lipinski definition) is 0. The fourth-order valence-electron chi connectivity index (χ4n) is 8.50. The van der Waals surface area contributed by atoms with E-state index in [1.165, 1.54) is 19.6 Å². The molecule has 2 aromatic rings. The van der Waals surface area contributed by atoms with Crippen LogP contribution in [0, 0.1) is 40.8 Å². The van der Waals surface area contributed by atoms with Crippen molar-refractivity contribution in [1.29, 1.82) is 5.26 Å². The van der Waals surface area contributed by atoms with Crippen molar-refractivity contribution in [2.75, 3.05) is 57.8 Å². The third kappa shape index (κ3) is 5.89. The number of ether oxygens (including phenoxy) is 1. The van der Waals surface area contributed by atoms with Crippen molar-refractivity contribution in [3.63, 3.8) is 0 Å². The van der Waals surface area contributed by atoms with Gasteiger partial charge in [-0.1, -0.05) is 18.6 Å². The highest BCUT2D eigenvalue weighted by Crippen LogP contribution is 2.54. The number of hydrogen-bond acceptors (Lipinski definition) is 6. The lowest BCUT2D eigenvalue weighted by Gasteiger charge is -2.54. The summed E-state index contributed by atoms with van der Waals surface area (Å²) in [4.78, 5) is 32.8. The molecule has 4 fully saturated rings. The molecule has 1 aliphatic carbocycles. The number of amides is 1. The average molecular weight is 587 g/mol. The molecule has 3 saturated heterocycles. The van der Waals surface area contributed by atoms with Gasteiger partial charge >= 0.3 is 5.97 Å². The van der Waals surface area contributed by atoms with Crippen molar-refractivity contribution in [2.24, 2.45) is 23.7 Å². The van der Waals surface area contributed by atoms with Gasteiger partial charge in [-0.25, -0.2) is 4.39 Å². The van der Waals surface area contributed by atoms with Gasteiger partial charge in [-0.15, -0.1) is 0 Å². The number of esters is 1. The number of carbonyl (C=O) groups is 2. The lowest BCUT2D eigenvalue weighted by atomic mass is 9.56. The van der Waals surface area contributed by atoms with E-state index in [0.717, 1.165) is 63.0 Å². The van der Waals surface area contributed by atoms with Crippen LogP contribution < -0.4 is 4.90 Å². The second-order valence-electron chi connectivity index (χ2n) is 13.1. The first kappa shape index (κ1) is 29.6. The number of anilines is 1. The van der Waals surface area contributed by atoms with E-state index in [4.69, 9.17) is 10.00 Å². The number of rotatable bonds is 9. The number of carbonyl (C=O) groups excluding carboxylic acids is 2. The van der Waals surface area contributed by atoms with Crippen LogP contribution in [0.15, 0.2) is 48.5 Å². The van der Waals surface area contributed by atoms with Gasteiger partial charge < -0.3 is 19.4 Å². The average Bonchev–Trinajstić information content (AvgIpc) is 3.44. The van der Waals surface area contributed by atoms with E-state index in [1.807, 2.05) is 30.3 Å². The quantitative estimate of drug-likeness (QED) is 0.385. The number of nitriles is 1. The molecule has 0 N–H and O–H groups in total. The Morgan fingerprint density at radius 2 is 1.74 bits per heavy atom. The third-order valence-electron chi connectivity index (χ3n) is 10.9. The maximum atomic E-state index is 14.9. The van der Waals surface area contributed by atoms with Crippen molar-refractivity contribution in [2.45, 2.75) is 50.4 Å². The predicted molar refractivity (Wildman–Crippen MR) is 163 cm³/mol. The Morgan fingerprint density at radius 3 is 2.37 bits per heavy atom. The summed E-state index contributed by atoms with van der Waals surface area (Å²) in [6.45, 7) is 5.80. The van der Waals surface area contributed by atoms with Gasteiger partial charge in [0.05, 0.1) is 24.7 Å². The predicted octanol–water partition coefficient (Wildman–Crippen LogP) is 5.00. The van der Waals surface area contributed by atoms with Gasteiger partial charge in [0, 0.05) is 50.2 Å². The van der Waals surface area contributed by atoms with E-state index in [0.29, 0.717) is 44.1 Å². The molecule has 0 aromatic heterocycles. The van der Waals surface area contributed by atoms with Gasteiger partial charge in [0.15, 0.2) is 0 Å². The molecular formula is C35H43FN4O3. The maximum Gasteiger partial charge on any atom is 0.305 e. The van der Waals surface area contributed by atoms with Crippen molar-refractivity contribution in [3.05, 3.63) is 65.5 Å². The number of methoxy groups -OCH3 is 1. The summed E-state index contributed by atoms with van der Waals surface area (Å²) in [7, 11) is 1.46. The van der Waals surface area contributed by atoms with Crippen LogP contribution in [0.1, 0.15) is 56.1 Å². The van der Waals surface area contributed by atoms with Crippen LogP contribution in [0.4, 0.5) is 10.1 Å². The second-order valence-corrected chi connectivity index (χ2v) is 13.1. The van der Waals surface area contributed by atoms with Gasteiger partial charge in [0.2, 0.25) is 5.91 Å². The fraction of sp³-hybridized carbons (Fsp3) is 0.571. The van der Waals surface area contributed by atoms with Crippen molar-refractivity contribution < 1.29 is 18.7 Å². The second kappa shape index (κ2) is 12.7. The molecule has 0 bridgehead atoms. The Kier molecular flexibility index (Phi) is 8.72. The smallest absolute Gasteiger partial charge is 0.305 e. The SMILES string of the molecule is COC(=O)C[C@H]1CCC[C@@H]1[C@](CN1CCC1)(c1cccc(F)c1)C1CCN(C(=O)C2CN(c3ccc(C#N)cc3)C2)CC1. The molecule has 0 radical (unpaired) electrons. The van der Waals surface area contributed by atoms with Gasteiger partial charge in [0.25, 0.3) is 0 Å². The molecule has 8 heteroatoms. The number of nitrogens with zero attached hydrogens (tertiary/aromatic N) is 4. The van der Waals surface area contributed by atoms with E-state index in [2.05, 4.69) is 26.8 Å². The van der Waals surface area contributed by atoms with Crippen molar-refractivity contribution in [1.82, 2.24) is 9.80 Å². The molecule has 6 rings (SSSR count). The lowest BCUT2D eigenvalue weighted by Crippen LogP contribution is -2.59. The molecule has 2 aromatic carbocycles. The molecule has 1 saturated carbocycles. The standard InChI is InChI=1S/C35H43FN4O3/c1-43-33(41)19-26-5-2-8-32(26)35(24-38-15-4-16-38,29-6-3-7-30(36)20-29)28-13-17-39(18-14-28)34(42)27-22-40(23-27)31-11-9-25(21-37)10-12-31/h3,6-7,9-12,20,26-28,32H,2,4-5,8,13-19,22-24H2,1H3/t26-,32+,35+/m1/s1. The normalized spacial score (nSPS) is 24.5.